The predicted octanol–water partition coefficient (Wildman–Crippen LogP) is 0.899. The van der Waals surface area contributed by atoms with E-state index in [1.54, 1.807) is 0 Å². The van der Waals surface area contributed by atoms with Crippen LogP contribution in [0.5, 0.6) is 0 Å². The van der Waals surface area contributed by atoms with Gasteiger partial charge < -0.3 is 5.73 Å². The van der Waals surface area contributed by atoms with Gasteiger partial charge in [-0.05, 0) is 25.2 Å². The number of carbonyl (C=O) groups is 2. The standard InChI is InChI=1S/C13H20N2O2/c14-11(8-4-2-1-3-5-8)7-15-12(16)9-6-10(9)13(15)17/h8-11H,1-7,14H2. The molecule has 1 saturated heterocycles. The van der Waals surface area contributed by atoms with Gasteiger partial charge in [0.05, 0.1) is 11.8 Å². The molecule has 0 aromatic carbocycles. The van der Waals surface area contributed by atoms with Crippen molar-refractivity contribution in [2.45, 2.75) is 44.6 Å². The Morgan fingerprint density at radius 2 is 1.71 bits per heavy atom. The lowest BCUT2D eigenvalue weighted by atomic mass is 9.84. The van der Waals surface area contributed by atoms with Crippen LogP contribution in [-0.4, -0.2) is 29.3 Å². The van der Waals surface area contributed by atoms with Crippen molar-refractivity contribution in [3.63, 3.8) is 0 Å². The lowest BCUT2D eigenvalue weighted by Crippen LogP contribution is -2.46. The molecule has 3 aliphatic rings. The summed E-state index contributed by atoms with van der Waals surface area (Å²) in [6, 6.07) is -0.0132. The van der Waals surface area contributed by atoms with E-state index in [1.807, 2.05) is 0 Å². The van der Waals surface area contributed by atoms with Crippen molar-refractivity contribution < 1.29 is 9.59 Å². The molecule has 4 nitrogen and oxygen atoms in total. The second-order valence-electron chi connectivity index (χ2n) is 5.80. The van der Waals surface area contributed by atoms with Crippen LogP contribution in [0.25, 0.3) is 0 Å². The Hall–Kier alpha value is -0.900. The third-order valence-electron chi connectivity index (χ3n) is 4.61. The van der Waals surface area contributed by atoms with E-state index in [9.17, 15) is 9.59 Å². The maximum absolute atomic E-state index is 11.8. The number of rotatable bonds is 3. The molecule has 4 heteroatoms. The highest BCUT2D eigenvalue weighted by Crippen LogP contribution is 2.47. The molecule has 0 bridgehead atoms. The number of imide groups is 1. The number of likely N-dealkylation sites (tertiary alicyclic amines) is 1. The summed E-state index contributed by atoms with van der Waals surface area (Å²) in [6.07, 6.45) is 6.88. The summed E-state index contributed by atoms with van der Waals surface area (Å²) < 4.78 is 0. The zero-order chi connectivity index (χ0) is 12.0. The zero-order valence-electron chi connectivity index (χ0n) is 10.1. The number of hydrogen-bond donors (Lipinski definition) is 1. The fraction of sp³-hybridized carbons (Fsp3) is 0.846. The van der Waals surface area contributed by atoms with Gasteiger partial charge in [0.25, 0.3) is 0 Å². The summed E-state index contributed by atoms with van der Waals surface area (Å²) in [7, 11) is 0. The van der Waals surface area contributed by atoms with Crippen molar-refractivity contribution in [1.29, 1.82) is 0 Å². The van der Waals surface area contributed by atoms with Crippen LogP contribution in [0.15, 0.2) is 0 Å². The Morgan fingerprint density at radius 3 is 2.29 bits per heavy atom. The predicted molar refractivity (Wildman–Crippen MR) is 62.9 cm³/mol. The van der Waals surface area contributed by atoms with E-state index in [4.69, 9.17) is 5.73 Å². The first-order valence-electron chi connectivity index (χ1n) is 6.79. The molecule has 1 aliphatic heterocycles. The molecule has 2 N–H and O–H groups in total. The number of carbonyl (C=O) groups excluding carboxylic acids is 2. The summed E-state index contributed by atoms with van der Waals surface area (Å²) in [6.45, 7) is 0.454. The first-order chi connectivity index (χ1) is 8.18. The van der Waals surface area contributed by atoms with Crippen LogP contribution in [0.2, 0.25) is 0 Å². The minimum atomic E-state index is -0.0132. The highest BCUT2D eigenvalue weighted by molar-refractivity contribution is 6.08. The van der Waals surface area contributed by atoms with Crippen molar-refractivity contribution in [2.24, 2.45) is 23.5 Å². The Labute approximate surface area is 102 Å². The fourth-order valence-corrected chi connectivity index (χ4v) is 3.35. The van der Waals surface area contributed by atoms with Crippen molar-refractivity contribution >= 4 is 11.8 Å². The van der Waals surface area contributed by atoms with Crippen LogP contribution < -0.4 is 5.73 Å². The molecule has 3 unspecified atom stereocenters. The van der Waals surface area contributed by atoms with Gasteiger partial charge in [0.2, 0.25) is 11.8 Å². The molecule has 0 aromatic heterocycles. The van der Waals surface area contributed by atoms with E-state index in [0.717, 1.165) is 19.3 Å². The second kappa shape index (κ2) is 4.09. The molecule has 0 spiro atoms. The summed E-state index contributed by atoms with van der Waals surface area (Å²) in [5.41, 5.74) is 6.17. The fourth-order valence-electron chi connectivity index (χ4n) is 3.35. The van der Waals surface area contributed by atoms with Crippen molar-refractivity contribution in [2.75, 3.05) is 6.54 Å². The third kappa shape index (κ3) is 1.88. The quantitative estimate of drug-likeness (QED) is 0.740. The van der Waals surface area contributed by atoms with Gasteiger partial charge >= 0.3 is 0 Å². The molecule has 1 heterocycles. The number of hydrogen-bond acceptors (Lipinski definition) is 3. The van der Waals surface area contributed by atoms with Crippen molar-refractivity contribution in [1.82, 2.24) is 4.90 Å². The first-order valence-corrected chi connectivity index (χ1v) is 6.79. The van der Waals surface area contributed by atoms with Gasteiger partial charge in [-0.3, -0.25) is 14.5 Å². The van der Waals surface area contributed by atoms with Crippen LogP contribution >= 0.6 is 0 Å². The minimum absolute atomic E-state index is 0.0132. The van der Waals surface area contributed by atoms with Crippen molar-refractivity contribution in [3.8, 4) is 0 Å². The van der Waals surface area contributed by atoms with Gasteiger partial charge in [0.15, 0.2) is 0 Å². The average Bonchev–Trinajstić information content (AvgIpc) is 3.11. The van der Waals surface area contributed by atoms with Gasteiger partial charge in [-0.1, -0.05) is 19.3 Å². The number of piperidine rings is 1. The number of fused-ring (bicyclic) bond motifs is 1. The van der Waals surface area contributed by atoms with E-state index in [1.165, 1.54) is 24.2 Å². The highest BCUT2D eigenvalue weighted by atomic mass is 16.2. The monoisotopic (exact) mass is 236 g/mol. The topological polar surface area (TPSA) is 63.4 Å². The Morgan fingerprint density at radius 1 is 1.12 bits per heavy atom. The van der Waals surface area contributed by atoms with Crippen molar-refractivity contribution in [3.05, 3.63) is 0 Å². The number of nitrogens with two attached hydrogens (primary N) is 1. The molecule has 2 aliphatic carbocycles. The lowest BCUT2D eigenvalue weighted by Gasteiger charge is -2.30. The summed E-state index contributed by atoms with van der Waals surface area (Å²) in [5, 5.41) is 0. The first kappa shape index (κ1) is 11.2. The van der Waals surface area contributed by atoms with Crippen LogP contribution in [0.4, 0.5) is 0 Å². The third-order valence-corrected chi connectivity index (χ3v) is 4.61. The lowest BCUT2D eigenvalue weighted by molar-refractivity contribution is -0.141. The number of nitrogens with zero attached hydrogens (tertiary/aromatic N) is 1. The van der Waals surface area contributed by atoms with E-state index >= 15 is 0 Å². The van der Waals surface area contributed by atoms with Gasteiger partial charge in [0.1, 0.15) is 0 Å². The SMILES string of the molecule is NC(CN1C(=O)C2CC2C1=O)C1CCCCC1. The Balaban J connectivity index is 1.59. The smallest absolute Gasteiger partial charge is 0.233 e. The van der Waals surface area contributed by atoms with E-state index in [-0.39, 0.29) is 29.7 Å². The Bertz CT molecular complexity index is 329. The van der Waals surface area contributed by atoms with E-state index in [0.29, 0.717) is 12.5 Å². The maximum Gasteiger partial charge on any atom is 0.233 e. The molecule has 2 amide bonds. The van der Waals surface area contributed by atoms with Gasteiger partial charge in [-0.25, -0.2) is 0 Å². The molecule has 2 saturated carbocycles. The van der Waals surface area contributed by atoms with Crippen LogP contribution in [0, 0.1) is 17.8 Å². The van der Waals surface area contributed by atoms with Gasteiger partial charge in [0, 0.05) is 12.6 Å². The Kier molecular flexibility index (Phi) is 2.69. The van der Waals surface area contributed by atoms with Gasteiger partial charge in [-0.2, -0.15) is 0 Å². The van der Waals surface area contributed by atoms with E-state index < -0.39 is 0 Å². The van der Waals surface area contributed by atoms with Crippen LogP contribution in [-0.2, 0) is 9.59 Å². The molecular formula is C13H20N2O2. The normalized spacial score (nSPS) is 35.0. The second-order valence-corrected chi connectivity index (χ2v) is 5.80. The van der Waals surface area contributed by atoms with E-state index in [2.05, 4.69) is 0 Å². The zero-order valence-corrected chi connectivity index (χ0v) is 10.1. The van der Waals surface area contributed by atoms with Crippen LogP contribution in [0.1, 0.15) is 38.5 Å². The molecule has 0 radical (unpaired) electrons. The number of amides is 2. The molecule has 3 fully saturated rings. The summed E-state index contributed by atoms with van der Waals surface area (Å²) >= 11 is 0. The molecule has 3 rings (SSSR count). The molecule has 3 atom stereocenters. The molecule has 17 heavy (non-hydrogen) atoms. The highest BCUT2D eigenvalue weighted by Gasteiger charge is 2.58. The molecule has 0 aromatic rings. The average molecular weight is 236 g/mol. The minimum Gasteiger partial charge on any atom is -0.326 e. The molecule has 94 valence electrons. The summed E-state index contributed by atoms with van der Waals surface area (Å²) in [5.74, 6) is 0.598. The summed E-state index contributed by atoms with van der Waals surface area (Å²) in [4.78, 5) is 25.1. The largest absolute Gasteiger partial charge is 0.326 e. The van der Waals surface area contributed by atoms with Gasteiger partial charge in [-0.15, -0.1) is 0 Å². The molecular weight excluding hydrogens is 216 g/mol. The maximum atomic E-state index is 11.8. The van der Waals surface area contributed by atoms with Crippen LogP contribution in [0.3, 0.4) is 0 Å².